The largest absolute Gasteiger partial charge is 0.444 e. The third kappa shape index (κ3) is 2.92. The molecule has 4 nitrogen and oxygen atoms in total. The summed E-state index contributed by atoms with van der Waals surface area (Å²) >= 11 is 0. The van der Waals surface area contributed by atoms with E-state index in [2.05, 4.69) is 29.2 Å². The van der Waals surface area contributed by atoms with Crippen LogP contribution in [0.15, 0.2) is 24.3 Å². The van der Waals surface area contributed by atoms with Crippen molar-refractivity contribution in [1.82, 2.24) is 9.80 Å². The van der Waals surface area contributed by atoms with E-state index in [-0.39, 0.29) is 6.09 Å². The van der Waals surface area contributed by atoms with Crippen molar-refractivity contribution in [3.05, 3.63) is 35.4 Å². The third-order valence-electron chi connectivity index (χ3n) is 5.69. The van der Waals surface area contributed by atoms with Crippen LogP contribution in [-0.4, -0.2) is 39.6 Å². The van der Waals surface area contributed by atoms with Gasteiger partial charge < -0.3 is 9.64 Å². The molecule has 1 aromatic carbocycles. The maximum absolute atomic E-state index is 12.6. The van der Waals surface area contributed by atoms with Gasteiger partial charge in [-0.2, -0.15) is 0 Å². The number of carbonyl (C=O) groups excluding carboxylic acids is 1. The topological polar surface area (TPSA) is 32.8 Å². The Morgan fingerprint density at radius 1 is 1.00 bits per heavy atom. The van der Waals surface area contributed by atoms with Crippen LogP contribution in [0.5, 0.6) is 0 Å². The van der Waals surface area contributed by atoms with E-state index in [1.165, 1.54) is 11.1 Å². The number of piperidine rings is 1. The predicted octanol–water partition coefficient (Wildman–Crippen LogP) is 3.93. The summed E-state index contributed by atoms with van der Waals surface area (Å²) in [5.41, 5.74) is 2.53. The number of amides is 1. The predicted molar refractivity (Wildman–Crippen MR) is 93.6 cm³/mol. The molecule has 3 atom stereocenters. The second-order valence-corrected chi connectivity index (χ2v) is 8.57. The average molecular weight is 328 g/mol. The molecule has 2 bridgehead atoms. The number of benzene rings is 1. The fourth-order valence-corrected chi connectivity index (χ4v) is 4.68. The maximum Gasteiger partial charge on any atom is 0.410 e. The third-order valence-corrected chi connectivity index (χ3v) is 5.69. The quantitative estimate of drug-likeness (QED) is 0.783. The Kier molecular flexibility index (Phi) is 3.83. The number of rotatable bonds is 1. The van der Waals surface area contributed by atoms with Gasteiger partial charge in [0.2, 0.25) is 0 Å². The zero-order valence-corrected chi connectivity index (χ0v) is 15.0. The lowest BCUT2D eigenvalue weighted by Gasteiger charge is -2.42. The summed E-state index contributed by atoms with van der Waals surface area (Å²) in [6, 6.07) is 10.1. The molecule has 0 N–H and O–H groups in total. The standard InChI is InChI=1S/C20H28N2O2/c1-20(2,3)24-19(23)22-16-8-9-17(22)11-18(10-16)21-12-14-6-4-5-7-15(14)13-21/h4-7,16-18H,8-13H2,1-3H3/t16-,17+,18+. The highest BCUT2D eigenvalue weighted by Crippen LogP contribution is 2.40. The molecule has 1 aromatic rings. The van der Waals surface area contributed by atoms with E-state index in [0.717, 1.165) is 38.8 Å². The molecule has 3 heterocycles. The Hall–Kier alpha value is -1.55. The number of nitrogens with zero attached hydrogens (tertiary/aromatic N) is 2. The van der Waals surface area contributed by atoms with Crippen LogP contribution in [0.2, 0.25) is 0 Å². The molecule has 1 amide bonds. The molecule has 0 unspecified atom stereocenters. The SMILES string of the molecule is CC(C)(C)OC(=O)N1[C@@H]2CC[C@H]1C[C@@H](N1Cc3ccccc3C1)C2. The second-order valence-electron chi connectivity index (χ2n) is 8.57. The van der Waals surface area contributed by atoms with Crippen LogP contribution in [0, 0.1) is 0 Å². The molecule has 3 aliphatic heterocycles. The highest BCUT2D eigenvalue weighted by Gasteiger charge is 2.46. The number of ether oxygens (including phenoxy) is 1. The first-order valence-electron chi connectivity index (χ1n) is 9.23. The van der Waals surface area contributed by atoms with Gasteiger partial charge in [0.05, 0.1) is 0 Å². The van der Waals surface area contributed by atoms with Gasteiger partial charge in [0.25, 0.3) is 0 Å². The van der Waals surface area contributed by atoms with E-state index < -0.39 is 5.60 Å². The molecule has 2 fully saturated rings. The van der Waals surface area contributed by atoms with Gasteiger partial charge in [0, 0.05) is 31.2 Å². The number of hydrogen-bond acceptors (Lipinski definition) is 3. The normalized spacial score (nSPS) is 29.6. The van der Waals surface area contributed by atoms with Crippen molar-refractivity contribution in [2.75, 3.05) is 0 Å². The van der Waals surface area contributed by atoms with Crippen LogP contribution in [0.4, 0.5) is 4.79 Å². The molecule has 0 radical (unpaired) electrons. The smallest absolute Gasteiger partial charge is 0.410 e. The molecule has 0 aliphatic carbocycles. The van der Waals surface area contributed by atoms with Crippen molar-refractivity contribution in [2.24, 2.45) is 0 Å². The van der Waals surface area contributed by atoms with Crippen LogP contribution < -0.4 is 0 Å². The van der Waals surface area contributed by atoms with Crippen molar-refractivity contribution < 1.29 is 9.53 Å². The van der Waals surface area contributed by atoms with Gasteiger partial charge in [0.1, 0.15) is 5.60 Å². The van der Waals surface area contributed by atoms with Crippen LogP contribution in [-0.2, 0) is 17.8 Å². The Balaban J connectivity index is 1.43. The molecular formula is C20H28N2O2. The van der Waals surface area contributed by atoms with E-state index in [0.29, 0.717) is 18.1 Å². The van der Waals surface area contributed by atoms with E-state index in [1.807, 2.05) is 25.7 Å². The van der Waals surface area contributed by atoms with Crippen molar-refractivity contribution >= 4 is 6.09 Å². The Bertz CT molecular complexity index is 598. The van der Waals surface area contributed by atoms with E-state index in [4.69, 9.17) is 4.74 Å². The fraction of sp³-hybridized carbons (Fsp3) is 0.650. The summed E-state index contributed by atoms with van der Waals surface area (Å²) in [5, 5.41) is 0. The highest BCUT2D eigenvalue weighted by atomic mass is 16.6. The lowest BCUT2D eigenvalue weighted by Crippen LogP contribution is -2.52. The summed E-state index contributed by atoms with van der Waals surface area (Å²) in [7, 11) is 0. The molecule has 0 aromatic heterocycles. The molecule has 0 spiro atoms. The molecule has 4 rings (SSSR count). The van der Waals surface area contributed by atoms with Crippen molar-refractivity contribution in [3.8, 4) is 0 Å². The number of fused-ring (bicyclic) bond motifs is 3. The fourth-order valence-electron chi connectivity index (χ4n) is 4.68. The van der Waals surface area contributed by atoms with Crippen molar-refractivity contribution in [3.63, 3.8) is 0 Å². The Morgan fingerprint density at radius 3 is 2.04 bits per heavy atom. The van der Waals surface area contributed by atoms with Crippen molar-refractivity contribution in [2.45, 2.75) is 83.3 Å². The average Bonchev–Trinajstić information content (AvgIpc) is 3.04. The first kappa shape index (κ1) is 15.9. The van der Waals surface area contributed by atoms with Gasteiger partial charge in [-0.15, -0.1) is 0 Å². The summed E-state index contributed by atoms with van der Waals surface area (Å²) in [6.45, 7) is 7.96. The minimum Gasteiger partial charge on any atom is -0.444 e. The minimum atomic E-state index is -0.413. The molecule has 3 aliphatic rings. The van der Waals surface area contributed by atoms with Gasteiger partial charge in [-0.05, 0) is 57.6 Å². The van der Waals surface area contributed by atoms with Crippen LogP contribution >= 0.6 is 0 Å². The zero-order chi connectivity index (χ0) is 16.9. The Labute approximate surface area is 144 Å². The molecule has 24 heavy (non-hydrogen) atoms. The lowest BCUT2D eigenvalue weighted by atomic mass is 9.96. The second kappa shape index (κ2) is 5.76. The van der Waals surface area contributed by atoms with E-state index in [1.54, 1.807) is 0 Å². The molecule has 0 saturated carbocycles. The summed E-state index contributed by atoms with van der Waals surface area (Å²) < 4.78 is 5.64. The van der Waals surface area contributed by atoms with E-state index >= 15 is 0 Å². The molecular weight excluding hydrogens is 300 g/mol. The minimum absolute atomic E-state index is 0.113. The first-order valence-corrected chi connectivity index (χ1v) is 9.23. The molecule has 130 valence electrons. The lowest BCUT2D eigenvalue weighted by molar-refractivity contribution is -0.00477. The molecule has 4 heteroatoms. The van der Waals surface area contributed by atoms with Gasteiger partial charge in [-0.1, -0.05) is 24.3 Å². The van der Waals surface area contributed by atoms with Gasteiger partial charge >= 0.3 is 6.09 Å². The van der Waals surface area contributed by atoms with Crippen molar-refractivity contribution in [1.29, 1.82) is 0 Å². The zero-order valence-electron chi connectivity index (χ0n) is 15.0. The van der Waals surface area contributed by atoms with E-state index in [9.17, 15) is 4.79 Å². The number of hydrogen-bond donors (Lipinski definition) is 0. The summed E-state index contributed by atoms with van der Waals surface area (Å²) in [4.78, 5) is 17.2. The first-order chi connectivity index (χ1) is 11.4. The van der Waals surface area contributed by atoms with Crippen LogP contribution in [0.1, 0.15) is 57.6 Å². The number of carbonyl (C=O) groups is 1. The monoisotopic (exact) mass is 328 g/mol. The maximum atomic E-state index is 12.6. The summed E-state index contributed by atoms with van der Waals surface area (Å²) in [5.74, 6) is 0. The Morgan fingerprint density at radius 2 is 1.54 bits per heavy atom. The van der Waals surface area contributed by atoms with Gasteiger partial charge in [-0.3, -0.25) is 4.90 Å². The van der Waals surface area contributed by atoms with Crippen LogP contribution in [0.3, 0.4) is 0 Å². The molecule has 2 saturated heterocycles. The highest BCUT2D eigenvalue weighted by molar-refractivity contribution is 5.69. The summed E-state index contributed by atoms with van der Waals surface area (Å²) in [6.07, 6.45) is 4.31. The van der Waals surface area contributed by atoms with Gasteiger partial charge in [0.15, 0.2) is 0 Å². The van der Waals surface area contributed by atoms with Crippen LogP contribution in [0.25, 0.3) is 0 Å². The van der Waals surface area contributed by atoms with Gasteiger partial charge in [-0.25, -0.2) is 4.79 Å².